The van der Waals surface area contributed by atoms with Gasteiger partial charge in [-0.25, -0.2) is 4.98 Å². The Hall–Kier alpha value is -0.990. The molecule has 0 atom stereocenters. The summed E-state index contributed by atoms with van der Waals surface area (Å²) in [5.74, 6) is 2.03. The molecule has 3 nitrogen and oxygen atoms in total. The number of imidazole rings is 1. The normalized spacial score (nSPS) is 16.1. The fourth-order valence-corrected chi connectivity index (χ4v) is 2.15. The van der Waals surface area contributed by atoms with Gasteiger partial charge in [-0.15, -0.1) is 0 Å². The van der Waals surface area contributed by atoms with Crippen molar-refractivity contribution in [2.24, 2.45) is 5.92 Å². The smallest absolute Gasteiger partial charge is 0.202 e. The van der Waals surface area contributed by atoms with E-state index in [1.165, 1.54) is 38.5 Å². The highest BCUT2D eigenvalue weighted by molar-refractivity contribution is 5.25. The lowest BCUT2D eigenvalue weighted by Gasteiger charge is -2.25. The molecule has 1 N–H and O–H groups in total. The van der Waals surface area contributed by atoms with Crippen molar-refractivity contribution in [1.29, 1.82) is 0 Å². The number of nitrogens with zero attached hydrogens (tertiary/aromatic N) is 2. The lowest BCUT2D eigenvalue weighted by molar-refractivity contribution is 0.302. The molecule has 0 unspecified atom stereocenters. The number of hydrogen-bond acceptors (Lipinski definition) is 2. The highest BCUT2D eigenvalue weighted by atomic mass is 15.2. The predicted octanol–water partition coefficient (Wildman–Crippen LogP) is 3.29. The van der Waals surface area contributed by atoms with E-state index in [-0.39, 0.29) is 0 Å². The molecule has 2 rings (SSSR count). The zero-order chi connectivity index (χ0) is 11.2. The number of aryl methyl sites for hydroxylation is 1. The first-order valence-electron chi connectivity index (χ1n) is 6.65. The van der Waals surface area contributed by atoms with Crippen LogP contribution in [0.15, 0.2) is 12.4 Å². The molecule has 0 radical (unpaired) electrons. The van der Waals surface area contributed by atoms with Gasteiger partial charge >= 0.3 is 0 Å². The molecule has 0 amide bonds. The van der Waals surface area contributed by atoms with Crippen LogP contribution in [-0.2, 0) is 6.54 Å². The largest absolute Gasteiger partial charge is 0.356 e. The Labute approximate surface area is 98.3 Å². The van der Waals surface area contributed by atoms with E-state index in [2.05, 4.69) is 28.0 Å². The lowest BCUT2D eigenvalue weighted by atomic mass is 9.83. The predicted molar refractivity (Wildman–Crippen MR) is 67.6 cm³/mol. The molecule has 1 saturated carbocycles. The van der Waals surface area contributed by atoms with Crippen LogP contribution in [0.2, 0.25) is 0 Å². The van der Waals surface area contributed by atoms with Crippen molar-refractivity contribution in [3.8, 4) is 0 Å². The Morgan fingerprint density at radius 1 is 1.50 bits per heavy atom. The first kappa shape index (κ1) is 11.5. The number of rotatable bonds is 7. The number of unbranched alkanes of at least 4 members (excludes halogenated alkanes) is 1. The van der Waals surface area contributed by atoms with E-state index >= 15 is 0 Å². The number of nitrogens with one attached hydrogen (secondary N) is 1. The number of aromatic nitrogens is 2. The average molecular weight is 221 g/mol. The quantitative estimate of drug-likeness (QED) is 0.765. The second kappa shape index (κ2) is 5.92. The monoisotopic (exact) mass is 221 g/mol. The summed E-state index contributed by atoms with van der Waals surface area (Å²) in [7, 11) is 0. The summed E-state index contributed by atoms with van der Waals surface area (Å²) in [5, 5.41) is 3.45. The molecule has 0 aliphatic heterocycles. The second-order valence-electron chi connectivity index (χ2n) is 4.81. The maximum Gasteiger partial charge on any atom is 0.202 e. The van der Waals surface area contributed by atoms with Crippen molar-refractivity contribution in [3.05, 3.63) is 12.4 Å². The van der Waals surface area contributed by atoms with E-state index in [0.29, 0.717) is 0 Å². The van der Waals surface area contributed by atoms with Crippen LogP contribution in [0.5, 0.6) is 0 Å². The minimum Gasteiger partial charge on any atom is -0.356 e. The molecule has 3 heteroatoms. The minimum absolute atomic E-state index is 0.978. The van der Waals surface area contributed by atoms with E-state index in [4.69, 9.17) is 0 Å². The van der Waals surface area contributed by atoms with E-state index < -0.39 is 0 Å². The molecule has 16 heavy (non-hydrogen) atoms. The molecule has 0 bridgehead atoms. The number of hydrogen-bond donors (Lipinski definition) is 1. The maximum absolute atomic E-state index is 4.36. The molecule has 1 aliphatic rings. The van der Waals surface area contributed by atoms with Crippen LogP contribution >= 0.6 is 0 Å². The zero-order valence-corrected chi connectivity index (χ0v) is 10.3. The number of anilines is 1. The SMILES string of the molecule is CCCCn1ccnc1NCCC1CCC1. The van der Waals surface area contributed by atoms with Crippen molar-refractivity contribution in [1.82, 2.24) is 9.55 Å². The van der Waals surface area contributed by atoms with Crippen LogP contribution < -0.4 is 5.32 Å². The van der Waals surface area contributed by atoms with Crippen molar-refractivity contribution >= 4 is 5.95 Å². The van der Waals surface area contributed by atoms with Crippen molar-refractivity contribution in [2.75, 3.05) is 11.9 Å². The summed E-state index contributed by atoms with van der Waals surface area (Å²) in [6.07, 6.45) is 12.0. The summed E-state index contributed by atoms with van der Waals surface area (Å²) < 4.78 is 2.23. The molecule has 0 aromatic carbocycles. The molecule has 1 aliphatic carbocycles. The maximum atomic E-state index is 4.36. The molecule has 1 aromatic heterocycles. The summed E-state index contributed by atoms with van der Waals surface area (Å²) in [6, 6.07) is 0. The Bertz CT molecular complexity index is 302. The Morgan fingerprint density at radius 2 is 2.38 bits per heavy atom. The van der Waals surface area contributed by atoms with E-state index in [0.717, 1.165) is 25.0 Å². The van der Waals surface area contributed by atoms with Gasteiger partial charge < -0.3 is 9.88 Å². The van der Waals surface area contributed by atoms with Gasteiger partial charge in [-0.3, -0.25) is 0 Å². The molecule has 1 fully saturated rings. The fourth-order valence-electron chi connectivity index (χ4n) is 2.15. The zero-order valence-electron chi connectivity index (χ0n) is 10.3. The van der Waals surface area contributed by atoms with Gasteiger partial charge in [-0.05, 0) is 18.8 Å². The second-order valence-corrected chi connectivity index (χ2v) is 4.81. The van der Waals surface area contributed by atoms with Gasteiger partial charge in [0.25, 0.3) is 0 Å². The summed E-state index contributed by atoms with van der Waals surface area (Å²) in [4.78, 5) is 4.36. The van der Waals surface area contributed by atoms with Gasteiger partial charge in [0.1, 0.15) is 0 Å². The van der Waals surface area contributed by atoms with E-state index in [9.17, 15) is 0 Å². The van der Waals surface area contributed by atoms with Crippen LogP contribution in [0.4, 0.5) is 5.95 Å². The van der Waals surface area contributed by atoms with Crippen LogP contribution in [-0.4, -0.2) is 16.1 Å². The molecule has 1 aromatic rings. The van der Waals surface area contributed by atoms with Crippen LogP contribution in [0.25, 0.3) is 0 Å². The molecule has 0 spiro atoms. The van der Waals surface area contributed by atoms with Crippen molar-refractivity contribution in [2.45, 2.75) is 52.0 Å². The first-order valence-corrected chi connectivity index (χ1v) is 6.65. The average Bonchev–Trinajstić information content (AvgIpc) is 2.66. The highest BCUT2D eigenvalue weighted by Crippen LogP contribution is 2.29. The lowest BCUT2D eigenvalue weighted by Crippen LogP contribution is -2.17. The van der Waals surface area contributed by atoms with Gasteiger partial charge in [0.2, 0.25) is 5.95 Å². The van der Waals surface area contributed by atoms with Gasteiger partial charge in [0, 0.05) is 25.5 Å². The molecule has 1 heterocycles. The minimum atomic E-state index is 0.978. The highest BCUT2D eigenvalue weighted by Gasteiger charge is 2.16. The third kappa shape index (κ3) is 3.00. The summed E-state index contributed by atoms with van der Waals surface area (Å²) in [5.41, 5.74) is 0. The fraction of sp³-hybridized carbons (Fsp3) is 0.769. The van der Waals surface area contributed by atoms with E-state index in [1.807, 2.05) is 6.20 Å². The van der Waals surface area contributed by atoms with Crippen LogP contribution in [0.1, 0.15) is 45.4 Å². The van der Waals surface area contributed by atoms with Crippen molar-refractivity contribution < 1.29 is 0 Å². The first-order chi connectivity index (χ1) is 7.90. The third-order valence-electron chi connectivity index (χ3n) is 3.53. The Morgan fingerprint density at radius 3 is 3.06 bits per heavy atom. The van der Waals surface area contributed by atoms with Crippen molar-refractivity contribution in [3.63, 3.8) is 0 Å². The Kier molecular flexibility index (Phi) is 4.25. The van der Waals surface area contributed by atoms with Gasteiger partial charge in [0.05, 0.1) is 0 Å². The van der Waals surface area contributed by atoms with Gasteiger partial charge in [0.15, 0.2) is 0 Å². The van der Waals surface area contributed by atoms with Gasteiger partial charge in [-0.1, -0.05) is 32.6 Å². The molecule has 90 valence electrons. The molecular weight excluding hydrogens is 198 g/mol. The van der Waals surface area contributed by atoms with Crippen LogP contribution in [0.3, 0.4) is 0 Å². The van der Waals surface area contributed by atoms with E-state index in [1.54, 1.807) is 0 Å². The molecule has 0 saturated heterocycles. The third-order valence-corrected chi connectivity index (χ3v) is 3.53. The summed E-state index contributed by atoms with van der Waals surface area (Å²) in [6.45, 7) is 4.39. The standard InChI is InChI=1S/C13H23N3/c1-2-3-10-16-11-9-15-13(16)14-8-7-12-5-4-6-12/h9,11-12H,2-8,10H2,1H3,(H,14,15). The summed E-state index contributed by atoms with van der Waals surface area (Å²) >= 11 is 0. The van der Waals surface area contributed by atoms with Gasteiger partial charge in [-0.2, -0.15) is 0 Å². The topological polar surface area (TPSA) is 29.9 Å². The Balaban J connectivity index is 1.72. The molecular formula is C13H23N3. The van der Waals surface area contributed by atoms with Crippen LogP contribution in [0, 0.1) is 5.92 Å².